The number of piperidine rings is 1. The van der Waals surface area contributed by atoms with E-state index in [0.717, 1.165) is 6.07 Å². The Morgan fingerprint density at radius 1 is 1.04 bits per heavy atom. The second-order valence-corrected chi connectivity index (χ2v) is 12.4. The molecule has 1 saturated heterocycles. The number of amides is 2. The van der Waals surface area contributed by atoms with Crippen LogP contribution < -0.4 is 9.47 Å². The quantitative estimate of drug-likeness (QED) is 0.253. The molecule has 2 heterocycles. The zero-order valence-electron chi connectivity index (χ0n) is 24.8. The molecule has 15 heteroatoms. The highest BCUT2D eigenvalue weighted by molar-refractivity contribution is 8.18. The van der Waals surface area contributed by atoms with Gasteiger partial charge in [-0.05, 0) is 81.3 Å². The number of methoxy groups -OCH3 is 1. The van der Waals surface area contributed by atoms with Crippen LogP contribution in [0, 0.1) is 0 Å². The van der Waals surface area contributed by atoms with Crippen LogP contribution in [0.25, 0.3) is 6.08 Å². The Bertz CT molecular complexity index is 1510. The highest BCUT2D eigenvalue weighted by Crippen LogP contribution is 2.39. The van der Waals surface area contributed by atoms with Gasteiger partial charge in [-0.15, -0.1) is 0 Å². The van der Waals surface area contributed by atoms with E-state index in [4.69, 9.17) is 9.47 Å². The number of nitrogens with zero attached hydrogens (tertiary/aromatic N) is 3. The van der Waals surface area contributed by atoms with Gasteiger partial charge in [0, 0.05) is 30.2 Å². The topological polar surface area (TPSA) is 91.7 Å². The Morgan fingerprint density at radius 2 is 1.71 bits per heavy atom. The molecule has 0 bridgehead atoms. The first-order chi connectivity index (χ1) is 20.9. The predicted octanol–water partition coefficient (Wildman–Crippen LogP) is 7.53. The smallest absolute Gasteiger partial charge is 0.416 e. The Labute approximate surface area is 259 Å². The van der Waals surface area contributed by atoms with E-state index in [-0.39, 0.29) is 23.6 Å². The third kappa shape index (κ3) is 8.05. The Kier molecular flexibility index (Phi) is 9.71. The molecule has 2 aromatic carbocycles. The van der Waals surface area contributed by atoms with Crippen LogP contribution in [0.2, 0.25) is 0 Å². The zero-order chi connectivity index (χ0) is 33.3. The molecule has 0 atom stereocenters. The van der Waals surface area contributed by atoms with Crippen molar-refractivity contribution in [3.8, 4) is 11.5 Å². The number of benzene rings is 2. The molecule has 244 valence electrons. The fourth-order valence-corrected chi connectivity index (χ4v) is 6.15. The number of hydrogen-bond acceptors (Lipinski definition) is 6. The van der Waals surface area contributed by atoms with Crippen molar-refractivity contribution < 1.29 is 50.5 Å². The molecule has 2 amide bonds. The Morgan fingerprint density at radius 3 is 2.27 bits per heavy atom. The highest BCUT2D eigenvalue weighted by atomic mass is 32.2. The van der Waals surface area contributed by atoms with Gasteiger partial charge in [0.15, 0.2) is 16.7 Å². The Balaban J connectivity index is 1.43. The summed E-state index contributed by atoms with van der Waals surface area (Å²) < 4.78 is 90.3. The van der Waals surface area contributed by atoms with Crippen molar-refractivity contribution in [2.24, 2.45) is 4.99 Å². The summed E-state index contributed by atoms with van der Waals surface area (Å²) in [6.07, 6.45) is -8.23. The van der Waals surface area contributed by atoms with Gasteiger partial charge in [0.2, 0.25) is 0 Å². The number of likely N-dealkylation sites (tertiary alicyclic amines) is 1. The highest BCUT2D eigenvalue weighted by Gasteiger charge is 2.39. The third-order valence-corrected chi connectivity index (χ3v) is 8.29. The predicted molar refractivity (Wildman–Crippen MR) is 156 cm³/mol. The van der Waals surface area contributed by atoms with Crippen molar-refractivity contribution in [1.82, 2.24) is 9.80 Å². The lowest BCUT2D eigenvalue weighted by Gasteiger charge is -2.43. The van der Waals surface area contributed by atoms with E-state index in [9.17, 15) is 41.0 Å². The molecule has 8 nitrogen and oxygen atoms in total. The molecule has 0 spiro atoms. The van der Waals surface area contributed by atoms with Crippen LogP contribution in [0.1, 0.15) is 55.9 Å². The van der Waals surface area contributed by atoms with Crippen LogP contribution in [-0.2, 0) is 23.8 Å². The Hall–Kier alpha value is -3.88. The van der Waals surface area contributed by atoms with Crippen LogP contribution in [0.15, 0.2) is 46.3 Å². The molecule has 2 aromatic rings. The first-order valence-electron chi connectivity index (χ1n) is 13.8. The molecule has 0 saturated carbocycles. The maximum atomic E-state index is 13.5. The van der Waals surface area contributed by atoms with Gasteiger partial charge in [0.1, 0.15) is 6.61 Å². The number of carbonyl (C=O) groups excluding carboxylic acids is 1. The number of ether oxygens (including phenoxy) is 2. The normalized spacial score (nSPS) is 17.5. The molecule has 1 fully saturated rings. The van der Waals surface area contributed by atoms with Crippen molar-refractivity contribution >= 4 is 35.0 Å². The minimum atomic E-state index is -5.03. The van der Waals surface area contributed by atoms with Gasteiger partial charge in [-0.1, -0.05) is 12.1 Å². The van der Waals surface area contributed by atoms with E-state index in [1.54, 1.807) is 12.1 Å². The monoisotopic (exact) mass is 659 g/mol. The number of rotatable bonds is 6. The first-order valence-corrected chi connectivity index (χ1v) is 14.6. The molecule has 0 radical (unpaired) electrons. The second kappa shape index (κ2) is 12.9. The number of carboxylic acid groups (broad SMARTS) is 1. The first kappa shape index (κ1) is 34.0. The number of aliphatic imine (C=N–C) groups is 1. The number of amidine groups is 1. The molecule has 0 unspecified atom stereocenters. The van der Waals surface area contributed by atoms with Crippen LogP contribution in [-0.4, -0.2) is 63.9 Å². The van der Waals surface area contributed by atoms with Gasteiger partial charge in [0.25, 0.3) is 5.91 Å². The molecule has 0 aromatic heterocycles. The van der Waals surface area contributed by atoms with Gasteiger partial charge in [-0.3, -0.25) is 4.79 Å². The van der Waals surface area contributed by atoms with Gasteiger partial charge in [-0.25, -0.2) is 4.79 Å². The number of carbonyl (C=O) groups is 2. The average molecular weight is 660 g/mol. The van der Waals surface area contributed by atoms with Gasteiger partial charge < -0.3 is 24.4 Å². The number of halogens is 6. The van der Waals surface area contributed by atoms with E-state index < -0.39 is 53.2 Å². The molecule has 2 aliphatic rings. The number of alkyl halides is 6. The molecular formula is C30H31F6N3O5S. The van der Waals surface area contributed by atoms with Crippen molar-refractivity contribution in [2.45, 2.75) is 64.2 Å². The van der Waals surface area contributed by atoms with Crippen LogP contribution in [0.5, 0.6) is 11.5 Å². The summed E-state index contributed by atoms with van der Waals surface area (Å²) in [4.78, 5) is 32.4. The second-order valence-electron chi connectivity index (χ2n) is 11.4. The van der Waals surface area contributed by atoms with Crippen molar-refractivity contribution in [3.63, 3.8) is 0 Å². The summed E-state index contributed by atoms with van der Waals surface area (Å²) in [5, 5.41) is 10.2. The van der Waals surface area contributed by atoms with Crippen molar-refractivity contribution in [1.29, 1.82) is 0 Å². The van der Waals surface area contributed by atoms with Crippen LogP contribution in [0.3, 0.4) is 0 Å². The molecule has 0 aliphatic carbocycles. The lowest BCUT2D eigenvalue weighted by molar-refractivity contribution is -0.143. The van der Waals surface area contributed by atoms with E-state index in [1.165, 1.54) is 35.9 Å². The zero-order valence-corrected chi connectivity index (χ0v) is 25.6. The van der Waals surface area contributed by atoms with Gasteiger partial charge >= 0.3 is 18.4 Å². The molecular weight excluding hydrogens is 628 g/mol. The minimum absolute atomic E-state index is 0.0449. The molecule has 1 N–H and O–H groups in total. The largest absolute Gasteiger partial charge is 0.493 e. The summed E-state index contributed by atoms with van der Waals surface area (Å²) >= 11 is 1.17. The minimum Gasteiger partial charge on any atom is -0.493 e. The van der Waals surface area contributed by atoms with Crippen LogP contribution >= 0.6 is 11.8 Å². The number of thioether (sulfide) groups is 1. The standard InChI is InChI=1S/C30H31F6N3O5S/c1-28(2,3)39(27(41)42)20-9-11-38(12-10-20)26-37-25(40)24(45-26)14-17-5-8-22(23(13-17)43-4)44-16-18-6-7-19(29(31,32)33)15-21(18)30(34,35)36/h5-8,13-15,20H,9-12,16H2,1-4H3,(H,41,42). The lowest BCUT2D eigenvalue weighted by atomic mass is 9.97. The van der Waals surface area contributed by atoms with E-state index in [1.807, 2.05) is 25.7 Å². The summed E-state index contributed by atoms with van der Waals surface area (Å²) in [5.74, 6) is -0.283. The fraction of sp³-hybridized carbons (Fsp3) is 0.433. The SMILES string of the molecule is COc1cc(C=C2SC(N3CCC(N(C(=O)O)C(C)(C)C)CC3)=NC2=O)ccc1OCc1ccc(C(F)(F)F)cc1C(F)(F)F. The lowest BCUT2D eigenvalue weighted by Crippen LogP contribution is -2.55. The summed E-state index contributed by atoms with van der Waals surface area (Å²) in [5.41, 5.74) is -3.41. The van der Waals surface area contributed by atoms with Gasteiger partial charge in [-0.2, -0.15) is 31.3 Å². The van der Waals surface area contributed by atoms with E-state index >= 15 is 0 Å². The molecule has 2 aliphatic heterocycles. The fourth-order valence-electron chi connectivity index (χ4n) is 5.18. The third-order valence-electron chi connectivity index (χ3n) is 7.25. The van der Waals surface area contributed by atoms with Crippen molar-refractivity contribution in [2.75, 3.05) is 20.2 Å². The molecule has 45 heavy (non-hydrogen) atoms. The average Bonchev–Trinajstić information content (AvgIpc) is 3.30. The summed E-state index contributed by atoms with van der Waals surface area (Å²) in [6, 6.07) is 5.65. The maximum Gasteiger partial charge on any atom is 0.416 e. The molecule has 4 rings (SSSR count). The van der Waals surface area contributed by atoms with Gasteiger partial charge in [0.05, 0.1) is 23.1 Å². The van der Waals surface area contributed by atoms with E-state index in [0.29, 0.717) is 47.6 Å². The summed E-state index contributed by atoms with van der Waals surface area (Å²) in [7, 11) is 1.31. The van der Waals surface area contributed by atoms with Crippen molar-refractivity contribution in [3.05, 3.63) is 63.6 Å². The summed E-state index contributed by atoms with van der Waals surface area (Å²) in [6.45, 7) is 5.90. The van der Waals surface area contributed by atoms with E-state index in [2.05, 4.69) is 4.99 Å². The number of hydrogen-bond donors (Lipinski definition) is 1. The maximum absolute atomic E-state index is 13.5. The van der Waals surface area contributed by atoms with Crippen LogP contribution in [0.4, 0.5) is 31.1 Å².